The predicted molar refractivity (Wildman–Crippen MR) is 154 cm³/mol. The van der Waals surface area contributed by atoms with Gasteiger partial charge in [-0.1, -0.05) is 68.4 Å². The number of amides is 2. The lowest BCUT2D eigenvalue weighted by molar-refractivity contribution is -0.141. The first-order valence-electron chi connectivity index (χ1n) is 13.4. The van der Waals surface area contributed by atoms with Crippen molar-refractivity contribution >= 4 is 29.4 Å². The van der Waals surface area contributed by atoms with Gasteiger partial charge in [-0.2, -0.15) is 5.26 Å². The Bertz CT molecular complexity index is 1460. The van der Waals surface area contributed by atoms with E-state index < -0.39 is 17.8 Å². The van der Waals surface area contributed by atoms with E-state index in [1.807, 2.05) is 67.6 Å². The molecule has 3 aromatic carbocycles. The summed E-state index contributed by atoms with van der Waals surface area (Å²) in [5.41, 5.74) is 3.72. The van der Waals surface area contributed by atoms with E-state index >= 15 is 0 Å². The highest BCUT2D eigenvalue weighted by molar-refractivity contribution is 5.98. The number of carbonyl (C=O) groups is 3. The molecular formula is C32H32N4O5. The molecule has 3 atom stereocenters. The highest BCUT2D eigenvalue weighted by atomic mass is 16.5. The van der Waals surface area contributed by atoms with E-state index in [0.29, 0.717) is 18.0 Å². The molecule has 0 aliphatic carbocycles. The second-order valence-corrected chi connectivity index (χ2v) is 10.2. The van der Waals surface area contributed by atoms with Crippen LogP contribution < -0.4 is 5.32 Å². The molecule has 1 aliphatic heterocycles. The minimum atomic E-state index is -0.880. The van der Waals surface area contributed by atoms with Gasteiger partial charge in [-0.05, 0) is 53.3 Å². The number of hydrogen-bond acceptors (Lipinski definition) is 6. The molecule has 0 spiro atoms. The second-order valence-electron chi connectivity index (χ2n) is 10.2. The van der Waals surface area contributed by atoms with Crippen molar-refractivity contribution in [3.63, 3.8) is 0 Å². The number of nitrogens with one attached hydrogen (secondary N) is 1. The van der Waals surface area contributed by atoms with E-state index in [1.54, 1.807) is 25.1 Å². The zero-order chi connectivity index (χ0) is 29.4. The molecule has 2 amide bonds. The molecule has 0 aromatic heterocycles. The normalized spacial score (nSPS) is 15.1. The third kappa shape index (κ3) is 7.57. The number of carboxylic acid groups (broad SMARTS) is 1. The van der Waals surface area contributed by atoms with Gasteiger partial charge in [0, 0.05) is 17.7 Å². The summed E-state index contributed by atoms with van der Waals surface area (Å²) < 4.78 is 5.52. The molecule has 41 heavy (non-hydrogen) atoms. The molecule has 0 fully saturated rings. The summed E-state index contributed by atoms with van der Waals surface area (Å²) in [4.78, 5) is 37.2. The van der Waals surface area contributed by atoms with Crippen molar-refractivity contribution in [2.24, 2.45) is 16.9 Å². The highest BCUT2D eigenvalue weighted by Crippen LogP contribution is 2.29. The molecule has 9 heteroatoms. The first kappa shape index (κ1) is 29.0. The summed E-state index contributed by atoms with van der Waals surface area (Å²) >= 11 is 0. The van der Waals surface area contributed by atoms with Gasteiger partial charge in [-0.15, -0.1) is 5.10 Å². The SMILES string of the molecule is CC(Cc1cccc(NC(=O)C(c2ccc(CN3N=C(c4ccccc4)OCC3=O)cc2)C(C)CC#N)c1)C(=O)O. The van der Waals surface area contributed by atoms with Crippen LogP contribution in [-0.4, -0.2) is 40.4 Å². The highest BCUT2D eigenvalue weighted by Gasteiger charge is 2.28. The van der Waals surface area contributed by atoms with Crippen LogP contribution in [0.3, 0.4) is 0 Å². The van der Waals surface area contributed by atoms with Gasteiger partial charge in [0.25, 0.3) is 5.91 Å². The van der Waals surface area contributed by atoms with E-state index in [9.17, 15) is 24.8 Å². The van der Waals surface area contributed by atoms with Crippen molar-refractivity contribution in [2.75, 3.05) is 11.9 Å². The molecule has 0 bridgehead atoms. The summed E-state index contributed by atoms with van der Waals surface area (Å²) in [5.74, 6) is -2.43. The number of nitrogens with zero attached hydrogens (tertiary/aromatic N) is 3. The van der Waals surface area contributed by atoms with Crippen LogP contribution in [0.5, 0.6) is 0 Å². The van der Waals surface area contributed by atoms with Crippen LogP contribution in [0.2, 0.25) is 0 Å². The van der Waals surface area contributed by atoms with Gasteiger partial charge in [-0.3, -0.25) is 14.4 Å². The molecular weight excluding hydrogens is 520 g/mol. The van der Waals surface area contributed by atoms with Crippen molar-refractivity contribution in [1.82, 2.24) is 5.01 Å². The van der Waals surface area contributed by atoms with Crippen LogP contribution in [0.4, 0.5) is 5.69 Å². The van der Waals surface area contributed by atoms with Crippen molar-refractivity contribution in [3.8, 4) is 6.07 Å². The maximum Gasteiger partial charge on any atom is 0.306 e. The molecule has 0 saturated carbocycles. The van der Waals surface area contributed by atoms with Gasteiger partial charge >= 0.3 is 5.97 Å². The fourth-order valence-corrected chi connectivity index (χ4v) is 4.68. The minimum absolute atomic E-state index is 0.101. The van der Waals surface area contributed by atoms with Gasteiger partial charge in [0.05, 0.1) is 24.4 Å². The molecule has 4 rings (SSSR count). The largest absolute Gasteiger partial charge is 0.481 e. The Labute approximate surface area is 239 Å². The average molecular weight is 553 g/mol. The number of carbonyl (C=O) groups excluding carboxylic acids is 2. The number of carboxylic acids is 1. The Hall–Kier alpha value is -4.97. The maximum absolute atomic E-state index is 13.5. The third-order valence-electron chi connectivity index (χ3n) is 6.95. The van der Waals surface area contributed by atoms with Gasteiger partial charge in [0.2, 0.25) is 11.8 Å². The van der Waals surface area contributed by atoms with Crippen molar-refractivity contribution < 1.29 is 24.2 Å². The molecule has 0 saturated heterocycles. The smallest absolute Gasteiger partial charge is 0.306 e. The van der Waals surface area contributed by atoms with Crippen LogP contribution in [0.15, 0.2) is 84.0 Å². The summed E-state index contributed by atoms with van der Waals surface area (Å²) in [6.45, 7) is 3.64. The standard InChI is InChI=1S/C32H32N4O5/c1-21(15-16-33)29(30(38)34-27-10-6-7-24(18-27)17-22(2)32(39)40)25-13-11-23(12-14-25)19-36-28(37)20-41-31(35-36)26-8-4-3-5-9-26/h3-14,18,21-22,29H,15,17,19-20H2,1-2H3,(H,34,38)(H,39,40). The quantitative estimate of drug-likeness (QED) is 0.346. The molecule has 0 radical (unpaired) electrons. The van der Waals surface area contributed by atoms with Crippen LogP contribution in [0, 0.1) is 23.2 Å². The molecule has 210 valence electrons. The van der Waals surface area contributed by atoms with E-state index in [1.165, 1.54) is 5.01 Å². The monoisotopic (exact) mass is 552 g/mol. The first-order valence-corrected chi connectivity index (χ1v) is 13.4. The fourth-order valence-electron chi connectivity index (χ4n) is 4.68. The second kappa shape index (κ2) is 13.4. The lowest BCUT2D eigenvalue weighted by atomic mass is 9.84. The van der Waals surface area contributed by atoms with Gasteiger partial charge in [0.1, 0.15) is 0 Å². The third-order valence-corrected chi connectivity index (χ3v) is 6.95. The van der Waals surface area contributed by atoms with E-state index in [4.69, 9.17) is 4.74 Å². The summed E-state index contributed by atoms with van der Waals surface area (Å²) in [6.07, 6.45) is 0.534. The zero-order valence-electron chi connectivity index (χ0n) is 23.0. The number of hydrogen-bond donors (Lipinski definition) is 2. The zero-order valence-corrected chi connectivity index (χ0v) is 23.0. The summed E-state index contributed by atoms with van der Waals surface area (Å²) in [6, 6.07) is 26.0. The Morgan fingerprint density at radius 3 is 2.46 bits per heavy atom. The molecule has 1 heterocycles. The molecule has 3 unspecified atom stereocenters. The summed E-state index contributed by atoms with van der Waals surface area (Å²) in [7, 11) is 0. The van der Waals surface area contributed by atoms with Crippen molar-refractivity contribution in [2.45, 2.75) is 39.2 Å². The average Bonchev–Trinajstić information content (AvgIpc) is 2.96. The van der Waals surface area contributed by atoms with Crippen LogP contribution >= 0.6 is 0 Å². The topological polar surface area (TPSA) is 132 Å². The Morgan fingerprint density at radius 2 is 1.78 bits per heavy atom. The maximum atomic E-state index is 13.5. The van der Waals surface area contributed by atoms with Crippen molar-refractivity contribution in [3.05, 3.63) is 101 Å². The van der Waals surface area contributed by atoms with Crippen LogP contribution in [-0.2, 0) is 32.1 Å². The number of aliphatic carboxylic acids is 1. The summed E-state index contributed by atoms with van der Waals surface area (Å²) in [5, 5.41) is 27.3. The lowest BCUT2D eigenvalue weighted by Crippen LogP contribution is -2.36. The minimum Gasteiger partial charge on any atom is -0.481 e. The van der Waals surface area contributed by atoms with Gasteiger partial charge in [-0.25, -0.2) is 5.01 Å². The molecule has 2 N–H and O–H groups in total. The number of anilines is 1. The number of rotatable bonds is 11. The van der Waals surface area contributed by atoms with Crippen LogP contribution in [0.25, 0.3) is 0 Å². The number of nitriles is 1. The molecule has 1 aliphatic rings. The fraction of sp³-hybridized carbons (Fsp3) is 0.281. The first-order chi connectivity index (χ1) is 19.7. The molecule has 9 nitrogen and oxygen atoms in total. The van der Waals surface area contributed by atoms with E-state index in [0.717, 1.165) is 22.3 Å². The Balaban J connectivity index is 1.50. The van der Waals surface area contributed by atoms with E-state index in [-0.39, 0.29) is 37.3 Å². The van der Waals surface area contributed by atoms with Crippen molar-refractivity contribution in [1.29, 1.82) is 5.26 Å². The Kier molecular flexibility index (Phi) is 9.48. The van der Waals surface area contributed by atoms with Gasteiger partial charge < -0.3 is 15.2 Å². The molecule has 3 aromatic rings. The van der Waals surface area contributed by atoms with Gasteiger partial charge in [0.15, 0.2) is 6.61 Å². The number of benzene rings is 3. The number of hydrazone groups is 1. The Morgan fingerprint density at radius 1 is 1.05 bits per heavy atom. The predicted octanol–water partition coefficient (Wildman–Crippen LogP) is 4.94. The number of ether oxygens (including phenoxy) is 1. The van der Waals surface area contributed by atoms with E-state index in [2.05, 4.69) is 16.5 Å². The lowest BCUT2D eigenvalue weighted by Gasteiger charge is -2.25. The van der Waals surface area contributed by atoms with Crippen LogP contribution in [0.1, 0.15) is 48.4 Å².